The minimum absolute atomic E-state index is 0.0449. The quantitative estimate of drug-likeness (QED) is 0.105. The van der Waals surface area contributed by atoms with E-state index in [0.29, 0.717) is 36.2 Å². The summed E-state index contributed by atoms with van der Waals surface area (Å²) in [6.45, 7) is 6.12. The van der Waals surface area contributed by atoms with Gasteiger partial charge in [0, 0.05) is 29.2 Å². The van der Waals surface area contributed by atoms with Gasteiger partial charge in [0.1, 0.15) is 0 Å². The Morgan fingerprint density at radius 3 is 2.43 bits per heavy atom. The molecule has 42 heavy (non-hydrogen) atoms. The monoisotopic (exact) mass is 589 g/mol. The van der Waals surface area contributed by atoms with Crippen LogP contribution in [0.1, 0.15) is 61.0 Å². The lowest BCUT2D eigenvalue weighted by Crippen LogP contribution is -2.27. The standard InChI is InChI=1S/C34H30ClF2NO4/c1-18(20-10-12-29(30(13-20)41-4)42-33(40)22-14-25(36)26(37)15-24(22)35)31-23(16-34(2,3)17-28(31)39)32-21-8-6-5-7-19(21)9-11-27(32)38/h5-15,18H,16-17,38H2,1-4H3/t18-/m0/s1. The highest BCUT2D eigenvalue weighted by Gasteiger charge is 2.37. The average Bonchev–Trinajstić information content (AvgIpc) is 2.93. The third kappa shape index (κ3) is 5.49. The van der Waals surface area contributed by atoms with Crippen LogP contribution in [0, 0.1) is 17.0 Å². The van der Waals surface area contributed by atoms with Gasteiger partial charge >= 0.3 is 5.97 Å². The molecule has 0 bridgehead atoms. The molecule has 1 aliphatic carbocycles. The van der Waals surface area contributed by atoms with Crippen LogP contribution in [-0.4, -0.2) is 18.9 Å². The predicted molar refractivity (Wildman–Crippen MR) is 161 cm³/mol. The van der Waals surface area contributed by atoms with Gasteiger partial charge < -0.3 is 15.2 Å². The van der Waals surface area contributed by atoms with E-state index in [0.717, 1.165) is 27.5 Å². The molecule has 0 saturated heterocycles. The van der Waals surface area contributed by atoms with Crippen molar-refractivity contribution in [1.29, 1.82) is 0 Å². The first-order valence-electron chi connectivity index (χ1n) is 13.5. The molecule has 5 rings (SSSR count). The number of carbonyl (C=O) groups is 2. The van der Waals surface area contributed by atoms with E-state index in [4.69, 9.17) is 26.8 Å². The predicted octanol–water partition coefficient (Wildman–Crippen LogP) is 8.53. The molecule has 8 heteroatoms. The molecule has 0 amide bonds. The molecule has 4 aromatic rings. The smallest absolute Gasteiger partial charge is 0.345 e. The van der Waals surface area contributed by atoms with Crippen molar-refractivity contribution in [3.63, 3.8) is 0 Å². The molecule has 5 nitrogen and oxygen atoms in total. The van der Waals surface area contributed by atoms with Crippen molar-refractivity contribution in [2.75, 3.05) is 12.8 Å². The second-order valence-corrected chi connectivity index (χ2v) is 11.8. The van der Waals surface area contributed by atoms with Crippen molar-refractivity contribution in [1.82, 2.24) is 0 Å². The van der Waals surface area contributed by atoms with Crippen molar-refractivity contribution in [2.45, 2.75) is 39.5 Å². The van der Waals surface area contributed by atoms with Gasteiger partial charge in [0.15, 0.2) is 28.9 Å². The summed E-state index contributed by atoms with van der Waals surface area (Å²) in [6.07, 6.45) is 1.06. The topological polar surface area (TPSA) is 78.6 Å². The van der Waals surface area contributed by atoms with E-state index < -0.39 is 17.6 Å². The lowest BCUT2D eigenvalue weighted by Gasteiger charge is -2.35. The number of ether oxygens (including phenoxy) is 2. The highest BCUT2D eigenvalue weighted by Crippen LogP contribution is 2.48. The number of halogens is 3. The molecular weight excluding hydrogens is 560 g/mol. The molecule has 1 aliphatic rings. The Kier molecular flexibility index (Phi) is 7.82. The Balaban J connectivity index is 1.57. The summed E-state index contributed by atoms with van der Waals surface area (Å²) < 4.78 is 38.2. The fourth-order valence-electron chi connectivity index (χ4n) is 5.72. The molecule has 0 saturated carbocycles. The van der Waals surface area contributed by atoms with Crippen LogP contribution < -0.4 is 15.2 Å². The number of esters is 1. The van der Waals surface area contributed by atoms with Crippen LogP contribution in [0.15, 0.2) is 72.3 Å². The van der Waals surface area contributed by atoms with E-state index in [1.54, 1.807) is 18.2 Å². The summed E-state index contributed by atoms with van der Waals surface area (Å²) in [6, 6.07) is 18.2. The van der Waals surface area contributed by atoms with Crippen molar-refractivity contribution in [3.8, 4) is 11.5 Å². The van der Waals surface area contributed by atoms with Crippen LogP contribution in [-0.2, 0) is 4.79 Å². The Hall–Kier alpha value is -4.23. The third-order valence-electron chi connectivity index (χ3n) is 7.74. The fourth-order valence-corrected chi connectivity index (χ4v) is 5.95. The first-order chi connectivity index (χ1) is 19.9. The average molecular weight is 590 g/mol. The maximum absolute atomic E-state index is 13.8. The van der Waals surface area contributed by atoms with Crippen LogP contribution in [0.25, 0.3) is 16.3 Å². The summed E-state index contributed by atoms with van der Waals surface area (Å²) in [4.78, 5) is 26.6. The first-order valence-corrected chi connectivity index (χ1v) is 13.9. The molecule has 0 unspecified atom stereocenters. The van der Waals surface area contributed by atoms with Crippen LogP contribution in [0.3, 0.4) is 0 Å². The van der Waals surface area contributed by atoms with Crippen molar-refractivity contribution >= 4 is 45.4 Å². The SMILES string of the molecule is COc1cc([C@H](C)C2=C(c3c(N)ccc4ccccc34)CC(C)(C)CC2=O)ccc1OC(=O)c1cc(F)c(F)cc1Cl. The number of fused-ring (bicyclic) bond motifs is 1. The third-order valence-corrected chi connectivity index (χ3v) is 8.05. The molecule has 4 aromatic carbocycles. The number of Topliss-reactive ketones (excluding diaryl/α,β-unsaturated/α-hetero) is 1. The van der Waals surface area contributed by atoms with E-state index in [2.05, 4.69) is 13.8 Å². The van der Waals surface area contributed by atoms with E-state index in [1.807, 2.05) is 43.3 Å². The summed E-state index contributed by atoms with van der Waals surface area (Å²) in [5.41, 5.74) is 9.83. The molecule has 0 spiro atoms. The minimum Gasteiger partial charge on any atom is -0.493 e. The van der Waals surface area contributed by atoms with Gasteiger partial charge in [-0.1, -0.05) is 68.8 Å². The molecule has 0 heterocycles. The highest BCUT2D eigenvalue weighted by atomic mass is 35.5. The molecule has 216 valence electrons. The summed E-state index contributed by atoms with van der Waals surface area (Å²) in [5, 5.41) is 1.73. The van der Waals surface area contributed by atoms with Gasteiger partial charge in [0.25, 0.3) is 0 Å². The number of hydrogen-bond acceptors (Lipinski definition) is 5. The zero-order valence-corrected chi connectivity index (χ0v) is 24.4. The summed E-state index contributed by atoms with van der Waals surface area (Å²) in [5.74, 6) is -3.39. The summed E-state index contributed by atoms with van der Waals surface area (Å²) in [7, 11) is 1.42. The number of carbonyl (C=O) groups excluding carboxylic acids is 2. The van der Waals surface area contributed by atoms with E-state index >= 15 is 0 Å². The Bertz CT molecular complexity index is 1780. The number of allylic oxidation sites excluding steroid dienone is 2. The van der Waals surface area contributed by atoms with Crippen LogP contribution >= 0.6 is 11.6 Å². The Morgan fingerprint density at radius 1 is 0.976 bits per heavy atom. The number of rotatable bonds is 6. The van der Waals surface area contributed by atoms with Crippen molar-refractivity contribution in [2.24, 2.45) is 5.41 Å². The number of nitrogen functional groups attached to an aromatic ring is 1. The van der Waals surface area contributed by atoms with Crippen molar-refractivity contribution < 1.29 is 27.8 Å². The van der Waals surface area contributed by atoms with E-state index in [-0.39, 0.29) is 39.2 Å². The normalized spacial score (nSPS) is 15.5. The molecule has 0 aromatic heterocycles. The van der Waals surface area contributed by atoms with Gasteiger partial charge in [-0.25, -0.2) is 13.6 Å². The number of methoxy groups -OCH3 is 1. The Morgan fingerprint density at radius 2 is 1.69 bits per heavy atom. The fraction of sp³-hybridized carbons (Fsp3) is 0.235. The van der Waals surface area contributed by atoms with Gasteiger partial charge in [-0.05, 0) is 64.1 Å². The molecule has 1 atom stereocenters. The lowest BCUT2D eigenvalue weighted by molar-refractivity contribution is -0.118. The number of ketones is 1. The van der Waals surface area contributed by atoms with E-state index in [9.17, 15) is 18.4 Å². The maximum atomic E-state index is 13.8. The second kappa shape index (κ2) is 11.2. The van der Waals surface area contributed by atoms with Gasteiger partial charge in [-0.3, -0.25) is 4.79 Å². The largest absolute Gasteiger partial charge is 0.493 e. The number of benzene rings is 4. The highest BCUT2D eigenvalue weighted by molar-refractivity contribution is 6.33. The number of anilines is 1. The molecule has 0 aliphatic heterocycles. The first kappa shape index (κ1) is 29.3. The molecule has 2 N–H and O–H groups in total. The van der Waals surface area contributed by atoms with Crippen LogP contribution in [0.4, 0.5) is 14.5 Å². The molecule has 0 radical (unpaired) electrons. The van der Waals surface area contributed by atoms with Gasteiger partial charge in [-0.2, -0.15) is 0 Å². The van der Waals surface area contributed by atoms with E-state index in [1.165, 1.54) is 7.11 Å². The van der Waals surface area contributed by atoms with Gasteiger partial charge in [0.2, 0.25) is 0 Å². The molecular formula is C34H30ClF2NO4. The molecule has 0 fully saturated rings. The number of hydrogen-bond donors (Lipinski definition) is 1. The zero-order chi connectivity index (χ0) is 30.3. The van der Waals surface area contributed by atoms with Crippen LogP contribution in [0.2, 0.25) is 5.02 Å². The second-order valence-electron chi connectivity index (χ2n) is 11.4. The zero-order valence-electron chi connectivity index (χ0n) is 23.7. The Labute approximate surface area is 247 Å². The number of nitrogens with two attached hydrogens (primary N) is 1. The lowest BCUT2D eigenvalue weighted by atomic mass is 9.68. The maximum Gasteiger partial charge on any atom is 0.345 e. The van der Waals surface area contributed by atoms with Crippen molar-refractivity contribution in [3.05, 3.63) is 106 Å². The van der Waals surface area contributed by atoms with Gasteiger partial charge in [0.05, 0.1) is 17.7 Å². The van der Waals surface area contributed by atoms with Gasteiger partial charge in [-0.15, -0.1) is 0 Å². The summed E-state index contributed by atoms with van der Waals surface area (Å²) >= 11 is 5.95. The minimum atomic E-state index is -1.22. The van der Waals surface area contributed by atoms with Crippen LogP contribution in [0.5, 0.6) is 11.5 Å².